The van der Waals surface area contributed by atoms with Crippen molar-refractivity contribution in [2.45, 2.75) is 64.5 Å². The first-order valence-electron chi connectivity index (χ1n) is 7.50. The predicted molar refractivity (Wildman–Crippen MR) is 75.3 cm³/mol. The smallest absolute Gasteiger partial charge is 0.0762 e. The fourth-order valence-electron chi connectivity index (χ4n) is 3.09. The molecule has 1 heterocycles. The Labute approximate surface area is 111 Å². The predicted octanol–water partition coefficient (Wildman–Crippen LogP) is 3.26. The van der Waals surface area contributed by atoms with E-state index in [1.807, 2.05) is 17.9 Å². The van der Waals surface area contributed by atoms with E-state index < -0.39 is 0 Å². The lowest BCUT2D eigenvalue weighted by atomic mass is 9.95. The van der Waals surface area contributed by atoms with Gasteiger partial charge in [-0.25, -0.2) is 0 Å². The molecule has 1 aliphatic carbocycles. The van der Waals surface area contributed by atoms with Gasteiger partial charge in [-0.2, -0.15) is 5.10 Å². The summed E-state index contributed by atoms with van der Waals surface area (Å²) >= 11 is 0. The monoisotopic (exact) mass is 249 g/mol. The summed E-state index contributed by atoms with van der Waals surface area (Å²) in [7, 11) is 1.98. The number of nitrogens with zero attached hydrogens (tertiary/aromatic N) is 2. The highest BCUT2D eigenvalue weighted by Crippen LogP contribution is 2.26. The molecule has 0 bridgehead atoms. The fraction of sp³-hybridized carbons (Fsp3) is 0.800. The Kier molecular flexibility index (Phi) is 5.24. The molecular weight excluding hydrogens is 222 g/mol. The van der Waals surface area contributed by atoms with Crippen LogP contribution in [0.3, 0.4) is 0 Å². The van der Waals surface area contributed by atoms with Crippen LogP contribution < -0.4 is 5.32 Å². The molecule has 1 N–H and O–H groups in total. The van der Waals surface area contributed by atoms with Crippen LogP contribution in [0.4, 0.5) is 0 Å². The summed E-state index contributed by atoms with van der Waals surface area (Å²) in [5.41, 5.74) is 1.16. The normalized spacial score (nSPS) is 25.0. The minimum atomic E-state index is 0.703. The summed E-state index contributed by atoms with van der Waals surface area (Å²) in [6, 6.07) is 2.80. The summed E-state index contributed by atoms with van der Waals surface area (Å²) < 4.78 is 1.88. The van der Waals surface area contributed by atoms with Gasteiger partial charge in [0.2, 0.25) is 0 Å². The molecule has 2 atom stereocenters. The Hall–Kier alpha value is -0.830. The Morgan fingerprint density at radius 3 is 2.94 bits per heavy atom. The fourth-order valence-corrected chi connectivity index (χ4v) is 3.09. The van der Waals surface area contributed by atoms with E-state index >= 15 is 0 Å². The van der Waals surface area contributed by atoms with E-state index in [1.165, 1.54) is 44.9 Å². The molecule has 1 fully saturated rings. The zero-order valence-corrected chi connectivity index (χ0v) is 11.9. The Morgan fingerprint density at radius 2 is 2.22 bits per heavy atom. The molecule has 0 aliphatic heterocycles. The number of rotatable bonds is 5. The van der Waals surface area contributed by atoms with Crippen molar-refractivity contribution in [2.75, 3.05) is 0 Å². The van der Waals surface area contributed by atoms with Crippen molar-refractivity contribution in [1.29, 1.82) is 0 Å². The average Bonchev–Trinajstić information content (AvgIpc) is 2.64. The van der Waals surface area contributed by atoms with Crippen LogP contribution in [0.25, 0.3) is 0 Å². The summed E-state index contributed by atoms with van der Waals surface area (Å²) in [6.07, 6.45) is 11.7. The van der Waals surface area contributed by atoms with Crippen molar-refractivity contribution in [2.24, 2.45) is 13.0 Å². The van der Waals surface area contributed by atoms with Crippen LogP contribution in [0.2, 0.25) is 0 Å². The maximum absolute atomic E-state index is 4.42. The molecule has 0 amide bonds. The zero-order chi connectivity index (χ0) is 12.8. The van der Waals surface area contributed by atoms with Gasteiger partial charge >= 0.3 is 0 Å². The van der Waals surface area contributed by atoms with Crippen molar-refractivity contribution in [1.82, 2.24) is 15.1 Å². The van der Waals surface area contributed by atoms with Gasteiger partial charge in [-0.15, -0.1) is 0 Å². The van der Waals surface area contributed by atoms with Crippen LogP contribution in [0.15, 0.2) is 12.3 Å². The molecule has 1 aromatic rings. The van der Waals surface area contributed by atoms with Gasteiger partial charge in [0, 0.05) is 25.8 Å². The molecule has 1 aromatic heterocycles. The second kappa shape index (κ2) is 6.93. The summed E-state index contributed by atoms with van der Waals surface area (Å²) in [4.78, 5) is 0. The highest BCUT2D eigenvalue weighted by molar-refractivity contribution is 4.98. The van der Waals surface area contributed by atoms with Gasteiger partial charge in [-0.3, -0.25) is 4.68 Å². The van der Waals surface area contributed by atoms with Crippen molar-refractivity contribution in [3.8, 4) is 0 Å². The molecule has 0 aromatic carbocycles. The third-order valence-electron chi connectivity index (χ3n) is 4.13. The lowest BCUT2D eigenvalue weighted by Crippen LogP contribution is -2.28. The van der Waals surface area contributed by atoms with Crippen LogP contribution in [-0.2, 0) is 13.6 Å². The molecule has 1 saturated carbocycles. The van der Waals surface area contributed by atoms with Gasteiger partial charge in [0.1, 0.15) is 0 Å². The standard InChI is InChI=1S/C15H27N3/c1-3-5-13-6-4-7-14(9-8-13)16-12-15-10-11-18(2)17-15/h10-11,13-14,16H,3-9,12H2,1-2H3. The third-order valence-corrected chi connectivity index (χ3v) is 4.13. The van der Waals surface area contributed by atoms with Crippen molar-refractivity contribution < 1.29 is 0 Å². The average molecular weight is 249 g/mol. The Morgan fingerprint density at radius 1 is 1.33 bits per heavy atom. The van der Waals surface area contributed by atoms with Crippen molar-refractivity contribution >= 4 is 0 Å². The van der Waals surface area contributed by atoms with Crippen LogP contribution in [0, 0.1) is 5.92 Å². The lowest BCUT2D eigenvalue weighted by molar-refractivity contribution is 0.409. The van der Waals surface area contributed by atoms with Gasteiger partial charge in [0.25, 0.3) is 0 Å². The molecule has 2 rings (SSSR count). The summed E-state index contributed by atoms with van der Waals surface area (Å²) in [5, 5.41) is 8.10. The largest absolute Gasteiger partial charge is 0.308 e. The summed E-state index contributed by atoms with van der Waals surface area (Å²) in [6.45, 7) is 3.23. The van der Waals surface area contributed by atoms with Crippen molar-refractivity contribution in [3.05, 3.63) is 18.0 Å². The molecule has 3 heteroatoms. The summed E-state index contributed by atoms with van der Waals surface area (Å²) in [5.74, 6) is 0.983. The van der Waals surface area contributed by atoms with E-state index in [9.17, 15) is 0 Å². The maximum Gasteiger partial charge on any atom is 0.0762 e. The Bertz CT molecular complexity index is 345. The van der Waals surface area contributed by atoms with Crippen LogP contribution in [0.5, 0.6) is 0 Å². The first-order chi connectivity index (χ1) is 8.78. The van der Waals surface area contributed by atoms with E-state index in [4.69, 9.17) is 0 Å². The first-order valence-corrected chi connectivity index (χ1v) is 7.50. The SMILES string of the molecule is CCCC1CCCC(NCc2ccn(C)n2)CC1. The highest BCUT2D eigenvalue weighted by atomic mass is 15.3. The minimum Gasteiger partial charge on any atom is -0.308 e. The number of nitrogens with one attached hydrogen (secondary N) is 1. The van der Waals surface area contributed by atoms with E-state index in [0.717, 1.165) is 18.2 Å². The first kappa shape index (κ1) is 13.6. The van der Waals surface area contributed by atoms with Crippen LogP contribution in [0.1, 0.15) is 57.6 Å². The van der Waals surface area contributed by atoms with Gasteiger partial charge in [0.15, 0.2) is 0 Å². The third kappa shape index (κ3) is 4.13. The molecule has 102 valence electrons. The molecule has 1 aliphatic rings. The second-order valence-corrected chi connectivity index (χ2v) is 5.72. The number of hydrogen-bond acceptors (Lipinski definition) is 2. The van der Waals surface area contributed by atoms with Gasteiger partial charge in [-0.1, -0.05) is 32.6 Å². The van der Waals surface area contributed by atoms with Gasteiger partial charge < -0.3 is 5.32 Å². The quantitative estimate of drug-likeness (QED) is 0.812. The minimum absolute atomic E-state index is 0.703. The molecule has 0 radical (unpaired) electrons. The van der Waals surface area contributed by atoms with Crippen LogP contribution in [-0.4, -0.2) is 15.8 Å². The van der Waals surface area contributed by atoms with E-state index in [0.29, 0.717) is 6.04 Å². The zero-order valence-electron chi connectivity index (χ0n) is 11.9. The topological polar surface area (TPSA) is 29.9 Å². The van der Waals surface area contributed by atoms with Crippen molar-refractivity contribution in [3.63, 3.8) is 0 Å². The highest BCUT2D eigenvalue weighted by Gasteiger charge is 2.17. The molecule has 0 saturated heterocycles. The van der Waals surface area contributed by atoms with Crippen LogP contribution >= 0.6 is 0 Å². The van der Waals surface area contributed by atoms with Gasteiger partial charge in [0.05, 0.1) is 5.69 Å². The maximum atomic E-state index is 4.42. The molecule has 2 unspecified atom stereocenters. The molecule has 0 spiro atoms. The van der Waals surface area contributed by atoms with E-state index in [-0.39, 0.29) is 0 Å². The molecule has 18 heavy (non-hydrogen) atoms. The molecular formula is C15H27N3. The lowest BCUT2D eigenvalue weighted by Gasteiger charge is -2.16. The van der Waals surface area contributed by atoms with E-state index in [2.05, 4.69) is 23.4 Å². The van der Waals surface area contributed by atoms with E-state index in [1.54, 1.807) is 0 Å². The number of hydrogen-bond donors (Lipinski definition) is 1. The number of aromatic nitrogens is 2. The molecule has 3 nitrogen and oxygen atoms in total. The van der Waals surface area contributed by atoms with Gasteiger partial charge in [-0.05, 0) is 31.2 Å². The number of aryl methyl sites for hydroxylation is 1. The Balaban J connectivity index is 1.73. The second-order valence-electron chi connectivity index (χ2n) is 5.72.